The third-order valence-electron chi connectivity index (χ3n) is 4.84. The molecule has 1 aliphatic heterocycles. The quantitative estimate of drug-likeness (QED) is 0.547. The van der Waals surface area contributed by atoms with Crippen molar-refractivity contribution in [2.45, 2.75) is 44.4 Å². The number of hydrogen-bond donors (Lipinski definition) is 1. The average Bonchev–Trinajstić information content (AvgIpc) is 2.98. The SMILES string of the molecule is CC(=O)SC(CC(=O)[N+]1(C(=O)O)CCC[C@H]1C)C(=O)c1ccc(Cl)c(Cl)c1. The molecule has 9 heteroatoms. The van der Waals surface area contributed by atoms with Crippen LogP contribution in [0.2, 0.25) is 10.0 Å². The lowest BCUT2D eigenvalue weighted by atomic mass is 10.0. The number of imide groups is 1. The lowest BCUT2D eigenvalue weighted by Crippen LogP contribution is -2.59. The lowest BCUT2D eigenvalue weighted by Gasteiger charge is -2.30. The first-order chi connectivity index (χ1) is 12.6. The number of carboxylic acid groups (broad SMARTS) is 1. The highest BCUT2D eigenvalue weighted by atomic mass is 35.5. The Morgan fingerprint density at radius 2 is 1.93 bits per heavy atom. The van der Waals surface area contributed by atoms with Crippen LogP contribution in [0.4, 0.5) is 4.79 Å². The van der Waals surface area contributed by atoms with Crippen LogP contribution in [0.5, 0.6) is 0 Å². The number of benzene rings is 1. The van der Waals surface area contributed by atoms with E-state index in [2.05, 4.69) is 0 Å². The zero-order valence-corrected chi connectivity index (χ0v) is 17.2. The standard InChI is InChI=1S/C18H19Cl2NO5S/c1-10-4-3-7-21(10,18(25)26)16(23)9-15(27-11(2)22)17(24)12-5-6-13(19)14(20)8-12/h5-6,8,10,15H,3-4,7,9H2,1-2H3/p+1/t10-,15?,21?/m1/s1. The fourth-order valence-corrected chi connectivity index (χ4v) is 4.55. The van der Waals surface area contributed by atoms with Gasteiger partial charge in [0.2, 0.25) is 0 Å². The van der Waals surface area contributed by atoms with E-state index in [9.17, 15) is 24.3 Å². The van der Waals surface area contributed by atoms with Crippen molar-refractivity contribution < 1.29 is 28.8 Å². The zero-order chi connectivity index (χ0) is 20.4. The number of nitrogens with zero attached hydrogens (tertiary/aromatic N) is 1. The predicted molar refractivity (Wildman–Crippen MR) is 104 cm³/mol. The van der Waals surface area contributed by atoms with Crippen molar-refractivity contribution in [1.29, 1.82) is 0 Å². The van der Waals surface area contributed by atoms with Gasteiger partial charge in [0.05, 0.1) is 28.3 Å². The molecule has 2 unspecified atom stereocenters. The van der Waals surface area contributed by atoms with Crippen LogP contribution in [0.15, 0.2) is 18.2 Å². The van der Waals surface area contributed by atoms with Crippen LogP contribution in [0, 0.1) is 0 Å². The highest BCUT2D eigenvalue weighted by molar-refractivity contribution is 8.14. The van der Waals surface area contributed by atoms with Crippen molar-refractivity contribution in [3.05, 3.63) is 33.8 Å². The van der Waals surface area contributed by atoms with Gasteiger partial charge >= 0.3 is 12.0 Å². The van der Waals surface area contributed by atoms with Gasteiger partial charge in [0.15, 0.2) is 10.9 Å². The normalized spacial score (nSPS) is 23.0. The van der Waals surface area contributed by atoms with Crippen molar-refractivity contribution in [3.63, 3.8) is 0 Å². The smallest absolute Gasteiger partial charge is 0.435 e. The molecule has 3 atom stereocenters. The van der Waals surface area contributed by atoms with Crippen LogP contribution in [0.3, 0.4) is 0 Å². The Morgan fingerprint density at radius 1 is 1.26 bits per heavy atom. The molecular weight excluding hydrogens is 413 g/mol. The van der Waals surface area contributed by atoms with Gasteiger partial charge in [-0.15, -0.1) is 0 Å². The number of Topliss-reactive ketones (excluding diaryl/α,β-unsaturated/α-hetero) is 1. The monoisotopic (exact) mass is 432 g/mol. The molecule has 1 saturated heterocycles. The molecule has 27 heavy (non-hydrogen) atoms. The highest BCUT2D eigenvalue weighted by Gasteiger charge is 2.53. The van der Waals surface area contributed by atoms with Crippen molar-refractivity contribution in [2.75, 3.05) is 6.54 Å². The molecule has 0 aliphatic carbocycles. The van der Waals surface area contributed by atoms with E-state index in [1.807, 2.05) is 0 Å². The van der Waals surface area contributed by atoms with Crippen LogP contribution < -0.4 is 0 Å². The van der Waals surface area contributed by atoms with Gasteiger partial charge in [-0.25, -0.2) is 4.79 Å². The van der Waals surface area contributed by atoms with Gasteiger partial charge in [-0.1, -0.05) is 35.0 Å². The molecule has 0 aromatic heterocycles. The Labute approximate surface area is 171 Å². The third-order valence-corrected chi connectivity index (χ3v) is 6.57. The van der Waals surface area contributed by atoms with E-state index < -0.39 is 27.5 Å². The summed E-state index contributed by atoms with van der Waals surface area (Å²) >= 11 is 12.5. The number of rotatable bonds is 5. The summed E-state index contributed by atoms with van der Waals surface area (Å²) in [5.74, 6) is -1.03. The maximum Gasteiger partial charge on any atom is 0.521 e. The van der Waals surface area contributed by atoms with Crippen LogP contribution >= 0.6 is 35.0 Å². The second kappa shape index (κ2) is 8.73. The van der Waals surface area contributed by atoms with E-state index in [4.69, 9.17) is 23.2 Å². The zero-order valence-electron chi connectivity index (χ0n) is 14.9. The number of quaternary nitrogens is 1. The van der Waals surface area contributed by atoms with Gasteiger partial charge in [0.25, 0.3) is 0 Å². The Morgan fingerprint density at radius 3 is 2.41 bits per heavy atom. The minimum absolute atomic E-state index is 0.183. The van der Waals surface area contributed by atoms with Crippen molar-refractivity contribution in [2.24, 2.45) is 0 Å². The molecule has 146 valence electrons. The van der Waals surface area contributed by atoms with Gasteiger partial charge in [0.1, 0.15) is 6.04 Å². The molecule has 2 rings (SSSR count). The van der Waals surface area contributed by atoms with E-state index >= 15 is 0 Å². The third kappa shape index (κ3) is 4.54. The number of amides is 2. The van der Waals surface area contributed by atoms with E-state index in [1.165, 1.54) is 25.1 Å². The summed E-state index contributed by atoms with van der Waals surface area (Å²) in [7, 11) is 0. The molecule has 1 N–H and O–H groups in total. The maximum absolute atomic E-state index is 12.9. The van der Waals surface area contributed by atoms with Gasteiger partial charge in [0, 0.05) is 25.3 Å². The fraction of sp³-hybridized carbons (Fsp3) is 0.444. The van der Waals surface area contributed by atoms with Crippen molar-refractivity contribution in [1.82, 2.24) is 0 Å². The first-order valence-corrected chi connectivity index (χ1v) is 10.0. The Bertz CT molecular complexity index is 800. The summed E-state index contributed by atoms with van der Waals surface area (Å²) in [5.41, 5.74) is 0.215. The number of carbonyl (C=O) groups excluding carboxylic acids is 3. The van der Waals surface area contributed by atoms with Crippen LogP contribution in [-0.4, -0.2) is 50.3 Å². The van der Waals surface area contributed by atoms with Crippen molar-refractivity contribution >= 4 is 57.9 Å². The summed E-state index contributed by atoms with van der Waals surface area (Å²) in [6.45, 7) is 3.20. The summed E-state index contributed by atoms with van der Waals surface area (Å²) in [5, 5.41) is 8.79. The van der Waals surface area contributed by atoms with Crippen LogP contribution in [-0.2, 0) is 9.59 Å². The Balaban J connectivity index is 2.32. The number of likely N-dealkylation sites (tertiary alicyclic amines) is 1. The number of halogens is 2. The minimum Gasteiger partial charge on any atom is -0.435 e. The number of ketones is 1. The molecule has 1 aliphatic rings. The average molecular weight is 433 g/mol. The van der Waals surface area contributed by atoms with E-state index in [0.29, 0.717) is 12.8 Å². The number of carbonyl (C=O) groups is 4. The van der Waals surface area contributed by atoms with E-state index in [1.54, 1.807) is 6.92 Å². The number of thioether (sulfide) groups is 1. The predicted octanol–water partition coefficient (Wildman–Crippen LogP) is 4.42. The van der Waals surface area contributed by atoms with Crippen LogP contribution in [0.1, 0.15) is 43.5 Å². The van der Waals surface area contributed by atoms with Gasteiger partial charge in [-0.2, -0.15) is 9.28 Å². The summed E-state index contributed by atoms with van der Waals surface area (Å²) in [6, 6.07) is 3.93. The topological polar surface area (TPSA) is 88.5 Å². The van der Waals surface area contributed by atoms with Gasteiger partial charge in [-0.05, 0) is 25.1 Å². The molecule has 2 amide bonds. The molecule has 0 bridgehead atoms. The highest BCUT2D eigenvalue weighted by Crippen LogP contribution is 2.32. The summed E-state index contributed by atoms with van der Waals surface area (Å²) in [6.07, 6.45) is -0.341. The maximum atomic E-state index is 12.9. The van der Waals surface area contributed by atoms with Crippen molar-refractivity contribution in [3.8, 4) is 0 Å². The molecule has 0 spiro atoms. The number of hydrogen-bond acceptors (Lipinski definition) is 5. The largest absolute Gasteiger partial charge is 0.521 e. The van der Waals surface area contributed by atoms with E-state index in [0.717, 1.165) is 11.8 Å². The van der Waals surface area contributed by atoms with E-state index in [-0.39, 0.29) is 39.7 Å². The molecule has 1 fully saturated rings. The Hall–Kier alpha value is -1.41. The fourth-order valence-electron chi connectivity index (χ4n) is 3.38. The molecule has 1 heterocycles. The first-order valence-electron chi connectivity index (χ1n) is 8.40. The van der Waals surface area contributed by atoms with Crippen LogP contribution in [0.25, 0.3) is 0 Å². The summed E-state index contributed by atoms with van der Waals surface area (Å²) in [4.78, 5) is 49.3. The molecule has 0 saturated carbocycles. The molecular formula is C18H20Cl2NO5S+. The van der Waals surface area contributed by atoms with Gasteiger partial charge in [-0.3, -0.25) is 9.59 Å². The Kier molecular flexibility index (Phi) is 7.08. The molecule has 1 aromatic rings. The second-order valence-electron chi connectivity index (χ2n) is 6.56. The lowest BCUT2D eigenvalue weighted by molar-refractivity contribution is -0.792. The second-order valence-corrected chi connectivity index (χ2v) is 8.75. The van der Waals surface area contributed by atoms with Gasteiger partial charge < -0.3 is 5.11 Å². The summed E-state index contributed by atoms with van der Waals surface area (Å²) < 4.78 is -0.705. The first kappa shape index (κ1) is 21.9. The molecule has 6 nitrogen and oxygen atoms in total. The minimum atomic E-state index is -1.22. The molecule has 1 aromatic carbocycles. The molecule has 0 radical (unpaired) electrons.